The molecule has 0 aliphatic rings. The molecule has 0 saturated heterocycles. The van der Waals surface area contributed by atoms with Gasteiger partial charge in [0.25, 0.3) is 5.91 Å². The lowest BCUT2D eigenvalue weighted by atomic mass is 10.1. The van der Waals surface area contributed by atoms with Crippen molar-refractivity contribution in [3.05, 3.63) is 51.2 Å². The molecule has 132 valence electrons. The van der Waals surface area contributed by atoms with Crippen LogP contribution in [0.15, 0.2) is 30.3 Å². The van der Waals surface area contributed by atoms with Crippen molar-refractivity contribution in [2.75, 3.05) is 5.32 Å². The van der Waals surface area contributed by atoms with Crippen molar-refractivity contribution in [3.8, 4) is 0 Å². The second-order valence-electron chi connectivity index (χ2n) is 5.74. The van der Waals surface area contributed by atoms with Gasteiger partial charge in [-0.25, -0.2) is 4.79 Å². The summed E-state index contributed by atoms with van der Waals surface area (Å²) in [5, 5.41) is 2.67. The normalized spacial score (nSPS) is 11.7. The van der Waals surface area contributed by atoms with E-state index < -0.39 is 18.0 Å². The lowest BCUT2D eigenvalue weighted by Gasteiger charge is -2.13. The zero-order chi connectivity index (χ0) is 18.6. The van der Waals surface area contributed by atoms with Gasteiger partial charge in [0.2, 0.25) is 0 Å². The van der Waals surface area contributed by atoms with Crippen molar-refractivity contribution in [1.29, 1.82) is 0 Å². The maximum atomic E-state index is 12.2. The molecule has 0 fully saturated rings. The van der Waals surface area contributed by atoms with Gasteiger partial charge >= 0.3 is 5.97 Å². The summed E-state index contributed by atoms with van der Waals surface area (Å²) in [7, 11) is 0. The van der Waals surface area contributed by atoms with Crippen molar-refractivity contribution < 1.29 is 19.1 Å². The van der Waals surface area contributed by atoms with E-state index in [0.717, 1.165) is 16.9 Å². The Hall–Kier alpha value is -2.47. The minimum Gasteiger partial charge on any atom is -0.448 e. The molecule has 2 aromatic rings. The van der Waals surface area contributed by atoms with Gasteiger partial charge in [-0.15, -0.1) is 11.3 Å². The Kier molecular flexibility index (Phi) is 6.09. The largest absolute Gasteiger partial charge is 0.448 e. The first-order valence-electron chi connectivity index (χ1n) is 8.04. The summed E-state index contributed by atoms with van der Waals surface area (Å²) in [6.45, 7) is 6.98. The molecular weight excluding hydrogens is 338 g/mol. The van der Waals surface area contributed by atoms with E-state index in [-0.39, 0.29) is 5.78 Å². The number of carbonyl (C=O) groups is 3. The predicted molar refractivity (Wildman–Crippen MR) is 98.4 cm³/mol. The molecule has 1 aromatic carbocycles. The average Bonchev–Trinajstić information content (AvgIpc) is 2.96. The number of ketones is 1. The Labute approximate surface area is 151 Å². The highest BCUT2D eigenvalue weighted by molar-refractivity contribution is 7.14. The SMILES string of the molecule is CCc1sc(C(=O)O[C@@H](C)C(=O)Nc2ccc(C(C)=O)cc2)cc1C. The average molecular weight is 359 g/mol. The third-order valence-electron chi connectivity index (χ3n) is 3.75. The first-order valence-corrected chi connectivity index (χ1v) is 8.85. The highest BCUT2D eigenvalue weighted by atomic mass is 32.1. The van der Waals surface area contributed by atoms with Crippen LogP contribution in [0.1, 0.15) is 51.2 Å². The highest BCUT2D eigenvalue weighted by Gasteiger charge is 2.21. The zero-order valence-electron chi connectivity index (χ0n) is 14.7. The quantitative estimate of drug-likeness (QED) is 0.625. The van der Waals surface area contributed by atoms with E-state index in [2.05, 4.69) is 5.32 Å². The summed E-state index contributed by atoms with van der Waals surface area (Å²) in [6.07, 6.45) is -0.0664. The van der Waals surface area contributed by atoms with Crippen LogP contribution in [0.5, 0.6) is 0 Å². The van der Waals surface area contributed by atoms with Crippen molar-refractivity contribution >= 4 is 34.7 Å². The number of carbonyl (C=O) groups excluding carboxylic acids is 3. The number of ether oxygens (including phenoxy) is 1. The fraction of sp³-hybridized carbons (Fsp3) is 0.316. The van der Waals surface area contributed by atoms with Crippen molar-refractivity contribution in [2.45, 2.75) is 40.2 Å². The molecule has 0 spiro atoms. The Morgan fingerprint density at radius 3 is 2.36 bits per heavy atom. The van der Waals surface area contributed by atoms with Gasteiger partial charge in [0.1, 0.15) is 4.88 Å². The fourth-order valence-corrected chi connectivity index (χ4v) is 3.27. The molecule has 0 saturated carbocycles. The number of amides is 1. The van der Waals surface area contributed by atoms with E-state index in [9.17, 15) is 14.4 Å². The molecule has 0 unspecified atom stereocenters. The third kappa shape index (κ3) is 4.76. The lowest BCUT2D eigenvalue weighted by Crippen LogP contribution is -2.29. The molecule has 1 heterocycles. The van der Waals surface area contributed by atoms with Crippen LogP contribution >= 0.6 is 11.3 Å². The number of hydrogen-bond donors (Lipinski definition) is 1. The first kappa shape index (κ1) is 18.9. The van der Waals surface area contributed by atoms with Gasteiger partial charge in [0.15, 0.2) is 11.9 Å². The number of hydrogen-bond acceptors (Lipinski definition) is 5. The summed E-state index contributed by atoms with van der Waals surface area (Å²) in [6, 6.07) is 8.33. The lowest BCUT2D eigenvalue weighted by molar-refractivity contribution is -0.123. The molecule has 1 amide bonds. The minimum atomic E-state index is -0.924. The zero-order valence-corrected chi connectivity index (χ0v) is 15.5. The second kappa shape index (κ2) is 8.07. The molecule has 0 aliphatic heterocycles. The standard InChI is InChI=1S/C19H21NO4S/c1-5-16-11(2)10-17(25-16)19(23)24-13(4)18(22)20-15-8-6-14(7-9-15)12(3)21/h6-10,13H,5H2,1-4H3,(H,20,22)/t13-/m0/s1. The molecular formula is C19H21NO4S. The maximum absolute atomic E-state index is 12.2. The summed E-state index contributed by atoms with van der Waals surface area (Å²) < 4.78 is 5.25. The van der Waals surface area contributed by atoms with Crippen LogP contribution in [0.2, 0.25) is 0 Å². The summed E-state index contributed by atoms with van der Waals surface area (Å²) in [4.78, 5) is 37.2. The Morgan fingerprint density at radius 1 is 1.20 bits per heavy atom. The van der Waals surface area contributed by atoms with Crippen molar-refractivity contribution in [2.24, 2.45) is 0 Å². The number of thiophene rings is 1. The monoisotopic (exact) mass is 359 g/mol. The van der Waals surface area contributed by atoms with Gasteiger partial charge in [-0.1, -0.05) is 6.92 Å². The van der Waals surface area contributed by atoms with Gasteiger partial charge in [-0.2, -0.15) is 0 Å². The molecule has 1 N–H and O–H groups in total. The van der Waals surface area contributed by atoms with Crippen LogP contribution in [0.3, 0.4) is 0 Å². The van der Waals surface area contributed by atoms with Crippen LogP contribution in [0.25, 0.3) is 0 Å². The van der Waals surface area contributed by atoms with E-state index in [0.29, 0.717) is 16.1 Å². The number of nitrogens with one attached hydrogen (secondary N) is 1. The molecule has 6 heteroatoms. The molecule has 0 aliphatic carbocycles. The fourth-order valence-electron chi connectivity index (χ4n) is 2.28. The van der Waals surface area contributed by atoms with Gasteiger partial charge < -0.3 is 10.1 Å². The molecule has 5 nitrogen and oxygen atoms in total. The van der Waals surface area contributed by atoms with Crippen molar-refractivity contribution in [3.63, 3.8) is 0 Å². The summed E-state index contributed by atoms with van der Waals surface area (Å²) in [5.74, 6) is -0.965. The number of benzene rings is 1. The van der Waals surface area contributed by atoms with Crippen LogP contribution in [-0.2, 0) is 16.0 Å². The smallest absolute Gasteiger partial charge is 0.349 e. The van der Waals surface area contributed by atoms with Gasteiger partial charge in [0.05, 0.1) is 0 Å². The molecule has 1 atom stereocenters. The van der Waals surface area contributed by atoms with Gasteiger partial charge in [-0.05, 0) is 63.1 Å². The molecule has 0 radical (unpaired) electrons. The van der Waals surface area contributed by atoms with Crippen molar-refractivity contribution in [1.82, 2.24) is 0 Å². The highest BCUT2D eigenvalue weighted by Crippen LogP contribution is 2.23. The van der Waals surface area contributed by atoms with Crippen LogP contribution in [0, 0.1) is 6.92 Å². The van der Waals surface area contributed by atoms with Crippen LogP contribution in [0.4, 0.5) is 5.69 Å². The Balaban J connectivity index is 1.97. The Morgan fingerprint density at radius 2 is 1.84 bits per heavy atom. The number of esters is 1. The second-order valence-corrected chi connectivity index (χ2v) is 6.88. The van der Waals surface area contributed by atoms with E-state index in [1.54, 1.807) is 30.3 Å². The molecule has 0 bridgehead atoms. The molecule has 2 rings (SSSR count). The summed E-state index contributed by atoms with van der Waals surface area (Å²) in [5.41, 5.74) is 2.16. The predicted octanol–water partition coefficient (Wildman–Crippen LogP) is 4.01. The van der Waals surface area contributed by atoms with Gasteiger partial charge in [0, 0.05) is 16.1 Å². The van der Waals surface area contributed by atoms with E-state index in [1.165, 1.54) is 25.2 Å². The molecule has 25 heavy (non-hydrogen) atoms. The number of aryl methyl sites for hydroxylation is 2. The first-order chi connectivity index (χ1) is 11.8. The van der Waals surface area contributed by atoms with E-state index in [4.69, 9.17) is 4.74 Å². The van der Waals surface area contributed by atoms with E-state index >= 15 is 0 Å². The molecule has 1 aromatic heterocycles. The summed E-state index contributed by atoms with van der Waals surface area (Å²) >= 11 is 1.39. The van der Waals surface area contributed by atoms with E-state index in [1.807, 2.05) is 13.8 Å². The third-order valence-corrected chi connectivity index (χ3v) is 5.12. The topological polar surface area (TPSA) is 72.5 Å². The number of anilines is 1. The minimum absolute atomic E-state index is 0.0436. The number of Topliss-reactive ketones (excluding diaryl/α,β-unsaturated/α-hetero) is 1. The van der Waals surface area contributed by atoms with Gasteiger partial charge in [-0.3, -0.25) is 9.59 Å². The number of rotatable bonds is 6. The maximum Gasteiger partial charge on any atom is 0.349 e. The van der Waals surface area contributed by atoms with Crippen LogP contribution in [-0.4, -0.2) is 23.8 Å². The Bertz CT molecular complexity index is 792. The van der Waals surface area contributed by atoms with Crippen LogP contribution < -0.4 is 5.32 Å².